The Kier molecular flexibility index (Phi) is 3.68. The summed E-state index contributed by atoms with van der Waals surface area (Å²) >= 11 is 0. The number of aromatic nitrogens is 2. The van der Waals surface area contributed by atoms with Crippen molar-refractivity contribution >= 4 is 5.91 Å². The molecule has 0 bridgehead atoms. The molecule has 1 amide bonds. The van der Waals surface area contributed by atoms with Gasteiger partial charge in [-0.1, -0.05) is 6.07 Å². The topological polar surface area (TPSA) is 57.8 Å². The number of nitrogens with one attached hydrogen (secondary N) is 2. The lowest BCUT2D eigenvalue weighted by molar-refractivity contribution is -0.125. The highest BCUT2D eigenvalue weighted by Crippen LogP contribution is 2.23. The number of hydrogen-bond acceptors (Lipinski definition) is 2. The van der Waals surface area contributed by atoms with Crippen LogP contribution in [0.4, 0.5) is 8.78 Å². The van der Waals surface area contributed by atoms with Gasteiger partial charge in [0.1, 0.15) is 0 Å². The molecule has 0 spiro atoms. The van der Waals surface area contributed by atoms with E-state index in [1.807, 2.05) is 0 Å². The van der Waals surface area contributed by atoms with Crippen molar-refractivity contribution in [2.75, 3.05) is 0 Å². The zero-order valence-corrected chi connectivity index (χ0v) is 11.3. The fourth-order valence-electron chi connectivity index (χ4n) is 2.61. The van der Waals surface area contributed by atoms with Gasteiger partial charge in [0.15, 0.2) is 11.6 Å². The van der Waals surface area contributed by atoms with Crippen LogP contribution in [0.1, 0.15) is 23.4 Å². The molecule has 2 N–H and O–H groups in total. The Morgan fingerprint density at radius 2 is 2.24 bits per heavy atom. The predicted octanol–water partition coefficient (Wildman–Crippen LogP) is 2.11. The monoisotopic (exact) mass is 291 g/mol. The fourth-order valence-corrected chi connectivity index (χ4v) is 2.61. The number of imidazole rings is 1. The first-order chi connectivity index (χ1) is 10.1. The molecule has 3 rings (SSSR count). The number of benzene rings is 1. The van der Waals surface area contributed by atoms with E-state index in [9.17, 15) is 13.6 Å². The molecule has 1 aromatic heterocycles. The summed E-state index contributed by atoms with van der Waals surface area (Å²) in [6, 6.07) is 3.63. The third-order valence-corrected chi connectivity index (χ3v) is 3.81. The van der Waals surface area contributed by atoms with Crippen molar-refractivity contribution in [1.82, 2.24) is 15.3 Å². The molecule has 0 saturated carbocycles. The molecule has 1 aliphatic carbocycles. The molecule has 6 heteroatoms. The van der Waals surface area contributed by atoms with Gasteiger partial charge in [0, 0.05) is 24.6 Å². The van der Waals surface area contributed by atoms with E-state index in [1.54, 1.807) is 6.33 Å². The van der Waals surface area contributed by atoms with Gasteiger partial charge in [0.2, 0.25) is 5.91 Å². The maximum absolute atomic E-state index is 13.1. The summed E-state index contributed by atoms with van der Waals surface area (Å²) in [5.41, 5.74) is 2.58. The maximum atomic E-state index is 13.1. The number of aromatic amines is 1. The van der Waals surface area contributed by atoms with E-state index in [1.165, 1.54) is 6.07 Å². The van der Waals surface area contributed by atoms with Crippen molar-refractivity contribution in [3.63, 3.8) is 0 Å². The van der Waals surface area contributed by atoms with Crippen LogP contribution in [0.5, 0.6) is 0 Å². The summed E-state index contributed by atoms with van der Waals surface area (Å²) in [5.74, 6) is -1.96. The lowest BCUT2D eigenvalue weighted by Crippen LogP contribution is -2.33. The Labute approximate surface area is 120 Å². The highest BCUT2D eigenvalue weighted by atomic mass is 19.2. The Hall–Kier alpha value is -2.24. The summed E-state index contributed by atoms with van der Waals surface area (Å²) in [7, 11) is 0. The van der Waals surface area contributed by atoms with E-state index < -0.39 is 11.6 Å². The number of halogens is 2. The van der Waals surface area contributed by atoms with Crippen LogP contribution in [0.25, 0.3) is 0 Å². The minimum atomic E-state index is -0.901. The zero-order chi connectivity index (χ0) is 14.8. The van der Waals surface area contributed by atoms with Gasteiger partial charge < -0.3 is 10.3 Å². The first-order valence-corrected chi connectivity index (χ1v) is 6.86. The number of fused-ring (bicyclic) bond motifs is 1. The molecule has 0 fully saturated rings. The van der Waals surface area contributed by atoms with Crippen LogP contribution < -0.4 is 5.32 Å². The van der Waals surface area contributed by atoms with Crippen molar-refractivity contribution in [3.8, 4) is 0 Å². The summed E-state index contributed by atoms with van der Waals surface area (Å²) in [6.07, 6.45) is 3.81. The van der Waals surface area contributed by atoms with E-state index in [4.69, 9.17) is 0 Å². The predicted molar refractivity (Wildman–Crippen MR) is 72.3 cm³/mol. The smallest absolute Gasteiger partial charge is 0.223 e. The molecular weight excluding hydrogens is 276 g/mol. The molecule has 2 aromatic rings. The van der Waals surface area contributed by atoms with E-state index in [2.05, 4.69) is 15.3 Å². The normalized spacial score (nSPS) is 17.3. The summed E-state index contributed by atoms with van der Waals surface area (Å²) in [5, 5.41) is 2.78. The van der Waals surface area contributed by atoms with Crippen LogP contribution in [0.3, 0.4) is 0 Å². The van der Waals surface area contributed by atoms with Gasteiger partial charge in [-0.3, -0.25) is 4.79 Å². The highest BCUT2D eigenvalue weighted by molar-refractivity contribution is 5.79. The maximum Gasteiger partial charge on any atom is 0.223 e. The van der Waals surface area contributed by atoms with Crippen LogP contribution in [0.15, 0.2) is 24.5 Å². The summed E-state index contributed by atoms with van der Waals surface area (Å²) < 4.78 is 25.9. The van der Waals surface area contributed by atoms with E-state index >= 15 is 0 Å². The average Bonchev–Trinajstić information content (AvgIpc) is 2.95. The molecule has 1 unspecified atom stereocenters. The lowest BCUT2D eigenvalue weighted by atomic mass is 9.89. The first-order valence-electron chi connectivity index (χ1n) is 6.86. The molecule has 4 nitrogen and oxygen atoms in total. The number of amides is 1. The van der Waals surface area contributed by atoms with Gasteiger partial charge in [-0.05, 0) is 30.5 Å². The number of aryl methyl sites for hydroxylation is 1. The fraction of sp³-hybridized carbons (Fsp3) is 0.333. The minimum Gasteiger partial charge on any atom is -0.352 e. The van der Waals surface area contributed by atoms with Gasteiger partial charge in [-0.15, -0.1) is 0 Å². The zero-order valence-electron chi connectivity index (χ0n) is 11.3. The number of carbonyl (C=O) groups is 1. The minimum absolute atomic E-state index is 0.0695. The first kappa shape index (κ1) is 13.7. The quantitative estimate of drug-likeness (QED) is 0.910. The molecule has 110 valence electrons. The molecule has 0 saturated heterocycles. The molecule has 1 aromatic carbocycles. The van der Waals surface area contributed by atoms with Gasteiger partial charge in [-0.25, -0.2) is 13.8 Å². The molecule has 0 aliphatic heterocycles. The van der Waals surface area contributed by atoms with Crippen LogP contribution in [0.2, 0.25) is 0 Å². The second-order valence-electron chi connectivity index (χ2n) is 5.23. The van der Waals surface area contributed by atoms with Crippen molar-refractivity contribution in [1.29, 1.82) is 0 Å². The SMILES string of the molecule is O=C(NCc1ccc(F)c(F)c1)C1CCc2nc[nH]c2C1. The van der Waals surface area contributed by atoms with E-state index in [0.717, 1.165) is 36.4 Å². The van der Waals surface area contributed by atoms with Crippen LogP contribution in [-0.2, 0) is 24.2 Å². The number of nitrogens with zero attached hydrogens (tertiary/aromatic N) is 1. The number of rotatable bonds is 3. The van der Waals surface area contributed by atoms with Crippen LogP contribution in [0, 0.1) is 17.6 Å². The largest absolute Gasteiger partial charge is 0.352 e. The van der Waals surface area contributed by atoms with Crippen molar-refractivity contribution < 1.29 is 13.6 Å². The Bertz CT molecular complexity index is 669. The van der Waals surface area contributed by atoms with Crippen LogP contribution in [-0.4, -0.2) is 15.9 Å². The number of carbonyl (C=O) groups excluding carboxylic acids is 1. The third kappa shape index (κ3) is 2.94. The molecule has 0 radical (unpaired) electrons. The van der Waals surface area contributed by atoms with Crippen LogP contribution >= 0.6 is 0 Å². The average molecular weight is 291 g/mol. The molecule has 1 heterocycles. The molecule has 1 atom stereocenters. The standard InChI is InChI=1S/C15H15F2N3O/c16-11-3-1-9(5-12(11)17)7-18-15(21)10-2-4-13-14(6-10)20-8-19-13/h1,3,5,8,10H,2,4,6-7H2,(H,18,21)(H,19,20). The Balaban J connectivity index is 1.58. The summed E-state index contributed by atoms with van der Waals surface area (Å²) in [4.78, 5) is 19.4. The molecule has 21 heavy (non-hydrogen) atoms. The second-order valence-corrected chi connectivity index (χ2v) is 5.23. The van der Waals surface area contributed by atoms with Gasteiger partial charge >= 0.3 is 0 Å². The number of H-pyrrole nitrogens is 1. The van der Waals surface area contributed by atoms with Gasteiger partial charge in [0.25, 0.3) is 0 Å². The van der Waals surface area contributed by atoms with Crippen molar-refractivity contribution in [3.05, 3.63) is 53.1 Å². The van der Waals surface area contributed by atoms with Crippen molar-refractivity contribution in [2.45, 2.75) is 25.8 Å². The van der Waals surface area contributed by atoms with E-state index in [0.29, 0.717) is 12.0 Å². The Morgan fingerprint density at radius 3 is 3.05 bits per heavy atom. The van der Waals surface area contributed by atoms with E-state index in [-0.39, 0.29) is 18.4 Å². The number of hydrogen-bond donors (Lipinski definition) is 2. The third-order valence-electron chi connectivity index (χ3n) is 3.81. The summed E-state index contributed by atoms with van der Waals surface area (Å²) in [6.45, 7) is 0.197. The molecule has 1 aliphatic rings. The second kappa shape index (κ2) is 5.63. The van der Waals surface area contributed by atoms with Crippen molar-refractivity contribution in [2.24, 2.45) is 5.92 Å². The van der Waals surface area contributed by atoms with Gasteiger partial charge in [0.05, 0.1) is 12.0 Å². The van der Waals surface area contributed by atoms with Gasteiger partial charge in [-0.2, -0.15) is 0 Å². The Morgan fingerprint density at radius 1 is 1.38 bits per heavy atom. The highest BCUT2D eigenvalue weighted by Gasteiger charge is 2.25. The molecular formula is C15H15F2N3O. The lowest BCUT2D eigenvalue weighted by Gasteiger charge is -2.20.